The highest BCUT2D eigenvalue weighted by molar-refractivity contribution is 8.00. The predicted molar refractivity (Wildman–Crippen MR) is 140 cm³/mol. The maximum atomic E-state index is 14.3. The molecule has 1 aliphatic heterocycles. The zero-order valence-corrected chi connectivity index (χ0v) is 22.7. The van der Waals surface area contributed by atoms with Gasteiger partial charge in [0, 0.05) is 24.8 Å². The highest BCUT2D eigenvalue weighted by Gasteiger charge is 2.58. The first-order valence-corrected chi connectivity index (χ1v) is 13.1. The molecule has 0 amide bonds. The third-order valence-corrected chi connectivity index (χ3v) is 7.10. The number of hydrogen-bond donors (Lipinski definition) is 4. The molecule has 1 fully saturated rings. The summed E-state index contributed by atoms with van der Waals surface area (Å²) >= 11 is 1.20. The molecule has 0 radical (unpaired) electrons. The molecule has 1 aliphatic rings. The molecule has 0 saturated carbocycles. The first-order valence-electron chi connectivity index (χ1n) is 12.2. The second-order valence-electron chi connectivity index (χ2n) is 9.41. The number of anilines is 1. The molecule has 16 heteroatoms. The standard InChI is InChI=1S/C23H30B2F4N2O7S/c1-5-9-39-31-16-10-14(24(33)34)11-17(36-23(27,28)29)20(16)22(4)21(2,3)37-25(38-22)15-12-18(26)30-19(13-15)35-8-6-7-32/h10-13,31-34H,5-9H2,1-4H3. The largest absolute Gasteiger partial charge is 0.573 e. The highest BCUT2D eigenvalue weighted by Crippen LogP contribution is 2.51. The van der Waals surface area contributed by atoms with Gasteiger partial charge in [0.1, 0.15) is 11.4 Å². The molecule has 2 aromatic rings. The van der Waals surface area contributed by atoms with E-state index in [1.807, 2.05) is 6.92 Å². The lowest BCUT2D eigenvalue weighted by atomic mass is 9.75. The highest BCUT2D eigenvalue weighted by atomic mass is 32.2. The second kappa shape index (κ2) is 12.5. The average Bonchev–Trinajstić information content (AvgIpc) is 3.07. The number of nitrogens with one attached hydrogen (secondary N) is 1. The molecule has 1 saturated heterocycles. The molecule has 39 heavy (non-hydrogen) atoms. The molecule has 1 atom stereocenters. The van der Waals surface area contributed by atoms with Gasteiger partial charge in [-0.15, -0.1) is 13.2 Å². The van der Waals surface area contributed by atoms with E-state index in [-0.39, 0.29) is 41.3 Å². The number of ether oxygens (including phenoxy) is 2. The van der Waals surface area contributed by atoms with Crippen molar-refractivity contribution in [3.63, 3.8) is 0 Å². The van der Waals surface area contributed by atoms with Crippen molar-refractivity contribution in [3.05, 3.63) is 35.8 Å². The summed E-state index contributed by atoms with van der Waals surface area (Å²) in [4.78, 5) is 3.66. The Kier molecular flexibility index (Phi) is 10.0. The maximum Gasteiger partial charge on any atom is 0.573 e. The van der Waals surface area contributed by atoms with Crippen molar-refractivity contribution >= 4 is 42.8 Å². The Bertz CT molecular complexity index is 1150. The minimum Gasteiger partial charge on any atom is -0.478 e. The zero-order valence-electron chi connectivity index (χ0n) is 21.8. The smallest absolute Gasteiger partial charge is 0.478 e. The van der Waals surface area contributed by atoms with Gasteiger partial charge < -0.3 is 38.7 Å². The van der Waals surface area contributed by atoms with Gasteiger partial charge in [0.15, 0.2) is 0 Å². The third kappa shape index (κ3) is 7.50. The summed E-state index contributed by atoms with van der Waals surface area (Å²) in [6.45, 7) is 6.56. The van der Waals surface area contributed by atoms with Crippen LogP contribution in [0.5, 0.6) is 11.6 Å². The van der Waals surface area contributed by atoms with Crippen LogP contribution in [0.4, 0.5) is 23.2 Å². The van der Waals surface area contributed by atoms with Crippen LogP contribution in [0.2, 0.25) is 0 Å². The van der Waals surface area contributed by atoms with Crippen molar-refractivity contribution in [1.82, 2.24) is 4.98 Å². The van der Waals surface area contributed by atoms with Crippen molar-refractivity contribution in [2.75, 3.05) is 23.7 Å². The number of halogens is 4. The summed E-state index contributed by atoms with van der Waals surface area (Å²) in [5, 5.41) is 28.4. The van der Waals surface area contributed by atoms with Crippen molar-refractivity contribution in [1.29, 1.82) is 0 Å². The number of aliphatic hydroxyl groups excluding tert-OH is 1. The first kappa shape index (κ1) is 31.3. The van der Waals surface area contributed by atoms with Crippen LogP contribution in [0.25, 0.3) is 0 Å². The molecular formula is C23H30B2F4N2O7S. The third-order valence-electron chi connectivity index (χ3n) is 6.12. The van der Waals surface area contributed by atoms with Gasteiger partial charge in [0.25, 0.3) is 0 Å². The molecule has 0 aliphatic carbocycles. The van der Waals surface area contributed by atoms with Gasteiger partial charge in [0.2, 0.25) is 11.8 Å². The van der Waals surface area contributed by atoms with Crippen LogP contribution in [0.15, 0.2) is 24.3 Å². The SMILES string of the molecule is CCCSNc1cc(B(O)O)cc(OC(F)(F)F)c1C1(C)OB(c2cc(F)nc(OCCCO)c2)OC1(C)C. The number of benzene rings is 1. The topological polar surface area (TPSA) is 123 Å². The van der Waals surface area contributed by atoms with E-state index >= 15 is 0 Å². The molecule has 214 valence electrons. The van der Waals surface area contributed by atoms with Gasteiger partial charge in [-0.2, -0.15) is 9.37 Å². The Morgan fingerprint density at radius 1 is 1.15 bits per heavy atom. The van der Waals surface area contributed by atoms with E-state index in [0.29, 0.717) is 12.2 Å². The maximum absolute atomic E-state index is 14.3. The molecule has 0 spiro atoms. The Morgan fingerprint density at radius 3 is 2.49 bits per heavy atom. The number of aromatic nitrogens is 1. The minimum absolute atomic E-state index is 0.0770. The zero-order chi connectivity index (χ0) is 29.0. The van der Waals surface area contributed by atoms with Gasteiger partial charge in [-0.3, -0.25) is 0 Å². The van der Waals surface area contributed by atoms with Crippen LogP contribution in [-0.2, 0) is 14.9 Å². The number of aliphatic hydroxyl groups is 1. The van der Waals surface area contributed by atoms with E-state index in [2.05, 4.69) is 14.4 Å². The second-order valence-corrected chi connectivity index (χ2v) is 10.3. The van der Waals surface area contributed by atoms with Crippen molar-refractivity contribution in [2.24, 2.45) is 0 Å². The van der Waals surface area contributed by atoms with E-state index in [4.69, 9.17) is 19.2 Å². The van der Waals surface area contributed by atoms with E-state index in [1.165, 1.54) is 31.0 Å². The summed E-state index contributed by atoms with van der Waals surface area (Å²) in [5.74, 6) is -1.11. The van der Waals surface area contributed by atoms with Gasteiger partial charge in [-0.25, -0.2) is 0 Å². The molecular weight excluding hydrogens is 546 g/mol. The quantitative estimate of drug-likeness (QED) is 0.0986. The summed E-state index contributed by atoms with van der Waals surface area (Å²) in [6, 6.07) is 4.60. The molecule has 1 unspecified atom stereocenters. The van der Waals surface area contributed by atoms with E-state index in [0.717, 1.165) is 18.6 Å². The fourth-order valence-corrected chi connectivity index (χ4v) is 4.62. The lowest BCUT2D eigenvalue weighted by Gasteiger charge is -2.39. The van der Waals surface area contributed by atoms with Crippen molar-refractivity contribution in [2.45, 2.75) is 58.1 Å². The number of alkyl halides is 3. The lowest BCUT2D eigenvalue weighted by Crippen LogP contribution is -2.44. The first-order chi connectivity index (χ1) is 18.2. The van der Waals surface area contributed by atoms with Crippen LogP contribution in [0.1, 0.15) is 46.1 Å². The Balaban J connectivity index is 2.12. The number of hydrogen-bond acceptors (Lipinski definition) is 10. The van der Waals surface area contributed by atoms with Crippen LogP contribution in [0.3, 0.4) is 0 Å². The normalized spacial score (nSPS) is 18.8. The molecule has 3 rings (SSSR count). The number of pyridine rings is 1. The lowest BCUT2D eigenvalue weighted by molar-refractivity contribution is -0.275. The summed E-state index contributed by atoms with van der Waals surface area (Å²) < 4.78 is 80.0. The molecule has 2 heterocycles. The summed E-state index contributed by atoms with van der Waals surface area (Å²) in [7, 11) is -3.33. The molecule has 9 nitrogen and oxygen atoms in total. The average molecular weight is 576 g/mol. The Labute approximate surface area is 228 Å². The number of nitrogens with zero attached hydrogens (tertiary/aromatic N) is 1. The van der Waals surface area contributed by atoms with E-state index in [1.54, 1.807) is 13.8 Å². The predicted octanol–water partition coefficient (Wildman–Crippen LogP) is 2.47. The van der Waals surface area contributed by atoms with Crippen LogP contribution >= 0.6 is 11.9 Å². The van der Waals surface area contributed by atoms with E-state index in [9.17, 15) is 27.6 Å². The Morgan fingerprint density at radius 2 is 1.87 bits per heavy atom. The molecule has 1 aromatic heterocycles. The van der Waals surface area contributed by atoms with Crippen LogP contribution < -0.4 is 25.1 Å². The summed E-state index contributed by atoms with van der Waals surface area (Å²) in [6.07, 6.45) is -4.07. The summed E-state index contributed by atoms with van der Waals surface area (Å²) in [5.41, 5.74) is -3.03. The van der Waals surface area contributed by atoms with Gasteiger partial charge >= 0.3 is 20.6 Å². The molecule has 1 aromatic carbocycles. The van der Waals surface area contributed by atoms with Crippen molar-refractivity contribution in [3.8, 4) is 11.6 Å². The fourth-order valence-electron chi connectivity index (χ4n) is 3.99. The van der Waals surface area contributed by atoms with Crippen LogP contribution in [-0.4, -0.2) is 65.3 Å². The number of rotatable bonds is 12. The van der Waals surface area contributed by atoms with Crippen molar-refractivity contribution < 1.29 is 51.5 Å². The van der Waals surface area contributed by atoms with Gasteiger partial charge in [-0.05, 0) is 56.3 Å². The fraction of sp³-hybridized carbons (Fsp3) is 0.522. The van der Waals surface area contributed by atoms with Crippen LogP contribution in [0, 0.1) is 5.95 Å². The van der Waals surface area contributed by atoms with E-state index < -0.39 is 43.5 Å². The van der Waals surface area contributed by atoms with Gasteiger partial charge in [0.05, 0.1) is 23.5 Å². The minimum atomic E-state index is -5.12. The molecule has 4 N–H and O–H groups in total. The van der Waals surface area contributed by atoms with Gasteiger partial charge in [-0.1, -0.05) is 18.9 Å². The molecule has 0 bridgehead atoms. The Hall–Kier alpha value is -2.23. The monoisotopic (exact) mass is 576 g/mol.